The zero-order valence-electron chi connectivity index (χ0n) is 8.85. The summed E-state index contributed by atoms with van der Waals surface area (Å²) in [5.74, 6) is 0.0784. The SMILES string of the molecule is Nc1ccc2c(c1)[C@@H](CO)c1ccccc1-2. The second kappa shape index (κ2) is 3.35. The van der Waals surface area contributed by atoms with Gasteiger partial charge in [0.25, 0.3) is 0 Å². The zero-order valence-corrected chi connectivity index (χ0v) is 8.85. The van der Waals surface area contributed by atoms with Gasteiger partial charge in [0, 0.05) is 11.6 Å². The zero-order chi connectivity index (χ0) is 11.1. The highest BCUT2D eigenvalue weighted by Crippen LogP contribution is 2.44. The number of hydrogen-bond acceptors (Lipinski definition) is 2. The van der Waals surface area contributed by atoms with Crippen molar-refractivity contribution >= 4 is 5.69 Å². The van der Waals surface area contributed by atoms with Crippen LogP contribution in [0.25, 0.3) is 11.1 Å². The van der Waals surface area contributed by atoms with Crippen LogP contribution >= 0.6 is 0 Å². The molecule has 0 bridgehead atoms. The van der Waals surface area contributed by atoms with Gasteiger partial charge in [-0.05, 0) is 34.4 Å². The van der Waals surface area contributed by atoms with Crippen LogP contribution < -0.4 is 5.73 Å². The number of aliphatic hydroxyl groups excluding tert-OH is 1. The first-order chi connectivity index (χ1) is 7.81. The van der Waals surface area contributed by atoms with E-state index < -0.39 is 0 Å². The predicted octanol–water partition coefficient (Wildman–Crippen LogP) is 2.37. The normalized spacial score (nSPS) is 16.9. The van der Waals surface area contributed by atoms with Crippen molar-refractivity contribution in [3.05, 3.63) is 53.6 Å². The Morgan fingerprint density at radius 1 is 1.00 bits per heavy atom. The van der Waals surface area contributed by atoms with Crippen molar-refractivity contribution < 1.29 is 5.11 Å². The fourth-order valence-corrected chi connectivity index (χ4v) is 2.53. The lowest BCUT2D eigenvalue weighted by Gasteiger charge is -2.09. The molecular weight excluding hydrogens is 198 g/mol. The molecule has 2 aromatic carbocycles. The van der Waals surface area contributed by atoms with Crippen LogP contribution in [0.4, 0.5) is 5.69 Å². The Morgan fingerprint density at radius 3 is 2.56 bits per heavy atom. The largest absolute Gasteiger partial charge is 0.399 e. The summed E-state index contributed by atoms with van der Waals surface area (Å²) in [5, 5.41) is 9.51. The van der Waals surface area contributed by atoms with Crippen molar-refractivity contribution in [3.63, 3.8) is 0 Å². The molecule has 1 aliphatic rings. The molecule has 80 valence electrons. The van der Waals surface area contributed by atoms with Crippen molar-refractivity contribution in [2.24, 2.45) is 0 Å². The summed E-state index contributed by atoms with van der Waals surface area (Å²) in [6, 6.07) is 14.1. The van der Waals surface area contributed by atoms with Gasteiger partial charge in [0.05, 0.1) is 6.61 Å². The van der Waals surface area contributed by atoms with Crippen LogP contribution in [0.5, 0.6) is 0 Å². The summed E-state index contributed by atoms with van der Waals surface area (Å²) in [4.78, 5) is 0. The van der Waals surface area contributed by atoms with Gasteiger partial charge in [0.2, 0.25) is 0 Å². The second-order valence-electron chi connectivity index (χ2n) is 4.17. The molecule has 0 radical (unpaired) electrons. The molecule has 0 saturated carbocycles. The monoisotopic (exact) mass is 211 g/mol. The predicted molar refractivity (Wildman–Crippen MR) is 65.2 cm³/mol. The third-order valence-electron chi connectivity index (χ3n) is 3.26. The average molecular weight is 211 g/mol. The topological polar surface area (TPSA) is 46.2 Å². The lowest BCUT2D eigenvalue weighted by Crippen LogP contribution is -2.02. The molecule has 2 aromatic rings. The maximum Gasteiger partial charge on any atom is 0.0540 e. The summed E-state index contributed by atoms with van der Waals surface area (Å²) in [6.07, 6.45) is 0. The van der Waals surface area contributed by atoms with Gasteiger partial charge in [-0.15, -0.1) is 0 Å². The van der Waals surface area contributed by atoms with Gasteiger partial charge in [0.1, 0.15) is 0 Å². The van der Waals surface area contributed by atoms with E-state index in [9.17, 15) is 5.11 Å². The summed E-state index contributed by atoms with van der Waals surface area (Å²) >= 11 is 0. The van der Waals surface area contributed by atoms with E-state index in [4.69, 9.17) is 5.73 Å². The molecule has 2 heteroatoms. The molecule has 3 rings (SSSR count). The first-order valence-corrected chi connectivity index (χ1v) is 5.41. The molecule has 1 aliphatic carbocycles. The van der Waals surface area contributed by atoms with E-state index in [1.807, 2.05) is 30.3 Å². The molecule has 16 heavy (non-hydrogen) atoms. The van der Waals surface area contributed by atoms with Gasteiger partial charge in [-0.2, -0.15) is 0 Å². The molecule has 2 nitrogen and oxygen atoms in total. The minimum atomic E-state index is 0.0784. The molecular formula is C14H13NO. The Bertz CT molecular complexity index is 548. The van der Waals surface area contributed by atoms with Crippen LogP contribution in [-0.2, 0) is 0 Å². The number of hydrogen-bond donors (Lipinski definition) is 2. The molecule has 0 aromatic heterocycles. The van der Waals surface area contributed by atoms with Crippen molar-refractivity contribution in [1.29, 1.82) is 0 Å². The van der Waals surface area contributed by atoms with Gasteiger partial charge < -0.3 is 10.8 Å². The summed E-state index contributed by atoms with van der Waals surface area (Å²) in [5.41, 5.74) is 11.3. The minimum absolute atomic E-state index is 0.0784. The molecule has 0 unspecified atom stereocenters. The number of nitrogen functional groups attached to an aromatic ring is 1. The van der Waals surface area contributed by atoms with E-state index in [2.05, 4.69) is 12.1 Å². The van der Waals surface area contributed by atoms with E-state index in [1.54, 1.807) is 0 Å². The molecule has 1 atom stereocenters. The van der Waals surface area contributed by atoms with Crippen LogP contribution in [0.2, 0.25) is 0 Å². The number of benzene rings is 2. The second-order valence-corrected chi connectivity index (χ2v) is 4.17. The van der Waals surface area contributed by atoms with Crippen LogP contribution in [0, 0.1) is 0 Å². The van der Waals surface area contributed by atoms with E-state index in [0.717, 1.165) is 11.3 Å². The van der Waals surface area contributed by atoms with Crippen LogP contribution in [0.3, 0.4) is 0 Å². The molecule has 0 fully saturated rings. The Morgan fingerprint density at radius 2 is 1.75 bits per heavy atom. The molecule has 3 N–H and O–H groups in total. The Balaban J connectivity index is 2.29. The maximum atomic E-state index is 9.51. The lowest BCUT2D eigenvalue weighted by atomic mass is 9.98. The van der Waals surface area contributed by atoms with Gasteiger partial charge in [0.15, 0.2) is 0 Å². The van der Waals surface area contributed by atoms with E-state index in [1.165, 1.54) is 16.7 Å². The maximum absolute atomic E-state index is 9.51. The molecule has 0 aliphatic heterocycles. The van der Waals surface area contributed by atoms with Crippen molar-refractivity contribution in [3.8, 4) is 11.1 Å². The first-order valence-electron chi connectivity index (χ1n) is 5.41. The van der Waals surface area contributed by atoms with Gasteiger partial charge in [-0.3, -0.25) is 0 Å². The quantitative estimate of drug-likeness (QED) is 0.711. The van der Waals surface area contributed by atoms with Crippen LogP contribution in [-0.4, -0.2) is 11.7 Å². The van der Waals surface area contributed by atoms with Crippen LogP contribution in [0.1, 0.15) is 17.0 Å². The van der Waals surface area contributed by atoms with Crippen LogP contribution in [0.15, 0.2) is 42.5 Å². The standard InChI is InChI=1S/C14H13NO/c15-9-5-6-12-10-3-1-2-4-11(10)14(8-16)13(12)7-9/h1-7,14,16H,8,15H2/t14-/m0/s1. The minimum Gasteiger partial charge on any atom is -0.399 e. The van der Waals surface area contributed by atoms with Gasteiger partial charge in [-0.1, -0.05) is 30.3 Å². The summed E-state index contributed by atoms with van der Waals surface area (Å²) in [7, 11) is 0. The van der Waals surface area contributed by atoms with Crippen molar-refractivity contribution in [2.45, 2.75) is 5.92 Å². The third-order valence-corrected chi connectivity index (χ3v) is 3.26. The van der Waals surface area contributed by atoms with Crippen molar-refractivity contribution in [1.82, 2.24) is 0 Å². The molecule has 0 amide bonds. The Labute approximate surface area is 94.3 Å². The third kappa shape index (κ3) is 1.17. The first kappa shape index (κ1) is 9.43. The number of nitrogens with two attached hydrogens (primary N) is 1. The fourth-order valence-electron chi connectivity index (χ4n) is 2.53. The summed E-state index contributed by atoms with van der Waals surface area (Å²) in [6.45, 7) is 0.132. The number of fused-ring (bicyclic) bond motifs is 3. The highest BCUT2D eigenvalue weighted by Gasteiger charge is 2.27. The molecule has 0 heterocycles. The number of aliphatic hydroxyl groups is 1. The van der Waals surface area contributed by atoms with E-state index in [-0.39, 0.29) is 12.5 Å². The average Bonchev–Trinajstić information content (AvgIpc) is 2.61. The lowest BCUT2D eigenvalue weighted by molar-refractivity contribution is 0.282. The highest BCUT2D eigenvalue weighted by molar-refractivity contribution is 5.80. The van der Waals surface area contributed by atoms with Gasteiger partial charge >= 0.3 is 0 Å². The van der Waals surface area contributed by atoms with Gasteiger partial charge in [-0.25, -0.2) is 0 Å². The number of anilines is 1. The Kier molecular flexibility index (Phi) is 1.98. The highest BCUT2D eigenvalue weighted by atomic mass is 16.3. The number of rotatable bonds is 1. The van der Waals surface area contributed by atoms with Crippen molar-refractivity contribution in [2.75, 3.05) is 12.3 Å². The smallest absolute Gasteiger partial charge is 0.0540 e. The summed E-state index contributed by atoms with van der Waals surface area (Å²) < 4.78 is 0. The van der Waals surface area contributed by atoms with E-state index >= 15 is 0 Å². The fraction of sp³-hybridized carbons (Fsp3) is 0.143. The van der Waals surface area contributed by atoms with E-state index in [0.29, 0.717) is 0 Å². The Hall–Kier alpha value is -1.80. The molecule has 0 spiro atoms. The molecule has 0 saturated heterocycles.